The summed E-state index contributed by atoms with van der Waals surface area (Å²) in [5, 5.41) is 3.07. The zero-order valence-corrected chi connectivity index (χ0v) is 17.6. The van der Waals surface area contributed by atoms with Gasteiger partial charge in [-0.05, 0) is 42.0 Å². The van der Waals surface area contributed by atoms with Crippen LogP contribution in [0.15, 0.2) is 49.2 Å². The van der Waals surface area contributed by atoms with Crippen LogP contribution in [-0.2, 0) is 9.59 Å². The Balaban J connectivity index is 2.02. The number of piperazine rings is 1. The minimum atomic E-state index is -0.347. The molecule has 1 N–H and O–H groups in total. The second-order valence-electron chi connectivity index (χ2n) is 7.00. The van der Waals surface area contributed by atoms with Gasteiger partial charge in [0.25, 0.3) is 5.91 Å². The molecule has 7 nitrogen and oxygen atoms in total. The molecule has 3 amide bonds. The van der Waals surface area contributed by atoms with Crippen LogP contribution in [0.5, 0.6) is 0 Å². The largest absolute Gasteiger partial charge is 0.355 e. The summed E-state index contributed by atoms with van der Waals surface area (Å²) in [6, 6.07) is 8.41. The third-order valence-corrected chi connectivity index (χ3v) is 5.34. The number of benzene rings is 1. The molecule has 1 aromatic carbocycles. The van der Waals surface area contributed by atoms with E-state index in [1.165, 1.54) is 13.0 Å². The molecule has 1 saturated heterocycles. The highest BCUT2D eigenvalue weighted by atomic mass is 35.5. The molecule has 8 heteroatoms. The van der Waals surface area contributed by atoms with Gasteiger partial charge in [0.05, 0.1) is 11.7 Å². The molecule has 156 valence electrons. The van der Waals surface area contributed by atoms with Gasteiger partial charge in [-0.25, -0.2) is 0 Å². The van der Waals surface area contributed by atoms with Gasteiger partial charge >= 0.3 is 0 Å². The molecule has 1 atom stereocenters. The number of carbonyl (C=O) groups excluding carboxylic acids is 3. The van der Waals surface area contributed by atoms with Crippen molar-refractivity contribution in [3.8, 4) is 11.3 Å². The van der Waals surface area contributed by atoms with Crippen LogP contribution in [0.4, 0.5) is 0 Å². The average Bonchev–Trinajstić information content (AvgIpc) is 2.77. The van der Waals surface area contributed by atoms with Crippen molar-refractivity contribution in [1.82, 2.24) is 20.1 Å². The molecule has 3 rings (SSSR count). The van der Waals surface area contributed by atoms with Gasteiger partial charge in [-0.15, -0.1) is 0 Å². The molecule has 0 spiro atoms. The normalized spacial score (nSPS) is 16.2. The Morgan fingerprint density at radius 2 is 2.00 bits per heavy atom. The lowest BCUT2D eigenvalue weighted by molar-refractivity contribution is -0.139. The van der Waals surface area contributed by atoms with Crippen LogP contribution in [0.3, 0.4) is 0 Å². The maximum absolute atomic E-state index is 12.2. The number of amides is 3. The van der Waals surface area contributed by atoms with Crippen molar-refractivity contribution in [3.05, 3.63) is 65.3 Å². The van der Waals surface area contributed by atoms with Crippen molar-refractivity contribution in [2.24, 2.45) is 0 Å². The van der Waals surface area contributed by atoms with Gasteiger partial charge in [0.15, 0.2) is 0 Å². The first-order valence-corrected chi connectivity index (χ1v) is 9.89. The zero-order valence-electron chi connectivity index (χ0n) is 16.9. The van der Waals surface area contributed by atoms with E-state index in [0.717, 1.165) is 11.1 Å². The number of aromatic nitrogens is 1. The topological polar surface area (TPSA) is 82.6 Å². The van der Waals surface area contributed by atoms with Crippen LogP contribution in [0.2, 0.25) is 5.02 Å². The van der Waals surface area contributed by atoms with Gasteiger partial charge < -0.3 is 15.1 Å². The summed E-state index contributed by atoms with van der Waals surface area (Å²) in [4.78, 5) is 44.1. The lowest BCUT2D eigenvalue weighted by Crippen LogP contribution is -2.51. The molecule has 1 aliphatic heterocycles. The molecule has 0 unspecified atom stereocenters. The van der Waals surface area contributed by atoms with E-state index in [1.54, 1.807) is 47.3 Å². The second kappa shape index (κ2) is 9.09. The van der Waals surface area contributed by atoms with E-state index >= 15 is 0 Å². The van der Waals surface area contributed by atoms with Crippen molar-refractivity contribution >= 4 is 29.3 Å². The molecular formula is C22H23ClN4O3. The molecule has 1 aromatic heterocycles. The van der Waals surface area contributed by atoms with Crippen molar-refractivity contribution in [2.75, 3.05) is 26.7 Å². The number of halogens is 1. The maximum atomic E-state index is 12.2. The van der Waals surface area contributed by atoms with E-state index in [4.69, 9.17) is 11.6 Å². The third-order valence-electron chi connectivity index (χ3n) is 5.12. The first kappa shape index (κ1) is 21.5. The number of rotatable bonds is 4. The maximum Gasteiger partial charge on any atom is 0.251 e. The van der Waals surface area contributed by atoms with Crippen LogP contribution in [-0.4, -0.2) is 59.2 Å². The SMILES string of the molecule is C=CC(=O)N1CCN(C(C)=O)[C@@H](c2cc(Cl)cc(-c3cc(C(=O)NC)ccn3)c2)C1. The Morgan fingerprint density at radius 1 is 1.23 bits per heavy atom. The fraction of sp³-hybridized carbons (Fsp3) is 0.273. The summed E-state index contributed by atoms with van der Waals surface area (Å²) in [6.45, 7) is 6.28. The Morgan fingerprint density at radius 3 is 2.67 bits per heavy atom. The summed E-state index contributed by atoms with van der Waals surface area (Å²) < 4.78 is 0. The van der Waals surface area contributed by atoms with E-state index in [1.807, 2.05) is 6.07 Å². The van der Waals surface area contributed by atoms with Crippen LogP contribution in [0, 0.1) is 0 Å². The molecule has 0 aliphatic carbocycles. The van der Waals surface area contributed by atoms with Crippen LogP contribution < -0.4 is 5.32 Å². The number of hydrogen-bond acceptors (Lipinski definition) is 4. The van der Waals surface area contributed by atoms with E-state index in [-0.39, 0.29) is 23.8 Å². The van der Waals surface area contributed by atoms with Gasteiger partial charge in [0.1, 0.15) is 0 Å². The molecule has 0 radical (unpaired) electrons. The van der Waals surface area contributed by atoms with Gasteiger partial charge in [0, 0.05) is 56.0 Å². The minimum Gasteiger partial charge on any atom is -0.355 e. The summed E-state index contributed by atoms with van der Waals surface area (Å²) >= 11 is 6.40. The van der Waals surface area contributed by atoms with E-state index in [2.05, 4.69) is 16.9 Å². The molecule has 1 aliphatic rings. The summed E-state index contributed by atoms with van der Waals surface area (Å²) in [6.07, 6.45) is 2.84. The number of pyridine rings is 1. The van der Waals surface area contributed by atoms with Crippen LogP contribution in [0.1, 0.15) is 28.9 Å². The van der Waals surface area contributed by atoms with Crippen molar-refractivity contribution in [1.29, 1.82) is 0 Å². The first-order valence-electron chi connectivity index (χ1n) is 9.51. The predicted molar refractivity (Wildman–Crippen MR) is 115 cm³/mol. The molecule has 0 saturated carbocycles. The third kappa shape index (κ3) is 4.52. The van der Waals surface area contributed by atoms with Gasteiger partial charge in [-0.2, -0.15) is 0 Å². The molecule has 2 heterocycles. The molecule has 1 fully saturated rings. The lowest BCUT2D eigenvalue weighted by Gasteiger charge is -2.41. The van der Waals surface area contributed by atoms with Crippen molar-refractivity contribution in [3.63, 3.8) is 0 Å². The number of nitrogens with zero attached hydrogens (tertiary/aromatic N) is 3. The minimum absolute atomic E-state index is 0.0769. The smallest absolute Gasteiger partial charge is 0.251 e. The summed E-state index contributed by atoms with van der Waals surface area (Å²) in [5.74, 6) is -0.466. The molecule has 2 aromatic rings. The number of hydrogen-bond donors (Lipinski definition) is 1. The monoisotopic (exact) mass is 426 g/mol. The standard InChI is InChI=1S/C22H23ClN4O3/c1-4-21(29)26-7-8-27(14(2)28)20(13-26)17-9-16(10-18(23)11-17)19-12-15(5-6-25-19)22(30)24-3/h4-6,9-12,20H,1,7-8,13H2,2-3H3,(H,24,30)/t20-/m1/s1. The van der Waals surface area contributed by atoms with E-state index < -0.39 is 0 Å². The summed E-state index contributed by atoms with van der Waals surface area (Å²) in [5.41, 5.74) is 2.58. The second-order valence-corrected chi connectivity index (χ2v) is 7.44. The van der Waals surface area contributed by atoms with Gasteiger partial charge in [-0.1, -0.05) is 18.2 Å². The summed E-state index contributed by atoms with van der Waals surface area (Å²) in [7, 11) is 1.57. The highest BCUT2D eigenvalue weighted by Gasteiger charge is 2.31. The number of nitrogens with one attached hydrogen (secondary N) is 1. The van der Waals surface area contributed by atoms with E-state index in [9.17, 15) is 14.4 Å². The molecule has 30 heavy (non-hydrogen) atoms. The Labute approximate surface area is 180 Å². The quantitative estimate of drug-likeness (QED) is 0.762. The Bertz CT molecular complexity index is 1010. The van der Waals surface area contributed by atoms with Gasteiger partial charge in [-0.3, -0.25) is 19.4 Å². The lowest BCUT2D eigenvalue weighted by atomic mass is 9.98. The fourth-order valence-electron chi connectivity index (χ4n) is 3.60. The van der Waals surface area contributed by atoms with Crippen molar-refractivity contribution in [2.45, 2.75) is 13.0 Å². The highest BCUT2D eigenvalue weighted by Crippen LogP contribution is 2.32. The number of carbonyl (C=O) groups is 3. The van der Waals surface area contributed by atoms with Gasteiger partial charge in [0.2, 0.25) is 11.8 Å². The van der Waals surface area contributed by atoms with E-state index in [0.29, 0.717) is 35.9 Å². The molecule has 0 bridgehead atoms. The zero-order chi connectivity index (χ0) is 21.8. The highest BCUT2D eigenvalue weighted by molar-refractivity contribution is 6.31. The average molecular weight is 427 g/mol. The fourth-order valence-corrected chi connectivity index (χ4v) is 3.84. The first-order chi connectivity index (χ1) is 14.3. The Kier molecular flexibility index (Phi) is 6.52. The van der Waals surface area contributed by atoms with Crippen LogP contribution >= 0.6 is 11.6 Å². The molecular weight excluding hydrogens is 404 g/mol. The predicted octanol–water partition coefficient (Wildman–Crippen LogP) is 2.68. The Hall–Kier alpha value is -3.19. The van der Waals surface area contributed by atoms with Crippen LogP contribution in [0.25, 0.3) is 11.3 Å². The van der Waals surface area contributed by atoms with Crippen molar-refractivity contribution < 1.29 is 14.4 Å².